The van der Waals surface area contributed by atoms with Crippen LogP contribution in [0.5, 0.6) is 0 Å². The van der Waals surface area contributed by atoms with Crippen molar-refractivity contribution in [3.05, 3.63) is 68.6 Å². The number of nitrogens with one attached hydrogen (secondary N) is 3. The van der Waals surface area contributed by atoms with Gasteiger partial charge in [0.1, 0.15) is 6.04 Å². The van der Waals surface area contributed by atoms with Gasteiger partial charge in [0.2, 0.25) is 5.91 Å². The van der Waals surface area contributed by atoms with E-state index in [9.17, 15) is 14.4 Å². The number of amides is 2. The van der Waals surface area contributed by atoms with Crippen LogP contribution in [0, 0.1) is 0 Å². The van der Waals surface area contributed by atoms with Crippen molar-refractivity contribution in [2.45, 2.75) is 13.0 Å². The van der Waals surface area contributed by atoms with Crippen LogP contribution in [-0.4, -0.2) is 28.0 Å². The summed E-state index contributed by atoms with van der Waals surface area (Å²) >= 11 is 11.9. The summed E-state index contributed by atoms with van der Waals surface area (Å²) in [7, 11) is 0. The van der Waals surface area contributed by atoms with Crippen molar-refractivity contribution in [2.75, 3.05) is 5.32 Å². The van der Waals surface area contributed by atoms with Gasteiger partial charge in [0.05, 0.1) is 15.6 Å². The third-order valence-corrected chi connectivity index (χ3v) is 4.60. The molecule has 1 heterocycles. The summed E-state index contributed by atoms with van der Waals surface area (Å²) in [6.45, 7) is 1.53. The third-order valence-electron chi connectivity index (χ3n) is 3.78. The van der Waals surface area contributed by atoms with Gasteiger partial charge in [-0.3, -0.25) is 19.1 Å². The highest BCUT2D eigenvalue weighted by Gasteiger charge is 2.19. The molecule has 3 N–H and O–H groups in total. The van der Waals surface area contributed by atoms with E-state index in [1.54, 1.807) is 36.4 Å². The Hall–Kier alpha value is -3.10. The molecule has 8 nitrogen and oxygen atoms in total. The van der Waals surface area contributed by atoms with Crippen molar-refractivity contribution in [1.29, 1.82) is 0 Å². The number of anilines is 1. The molecule has 0 aliphatic heterocycles. The molecule has 3 rings (SSSR count). The second-order valence-electron chi connectivity index (χ2n) is 5.81. The number of halogens is 2. The van der Waals surface area contributed by atoms with Crippen LogP contribution in [0.1, 0.15) is 17.3 Å². The lowest BCUT2D eigenvalue weighted by molar-refractivity contribution is -0.117. The molecule has 0 bridgehead atoms. The fraction of sp³-hybridized carbons (Fsp3) is 0.111. The van der Waals surface area contributed by atoms with Crippen LogP contribution < -0.4 is 16.4 Å². The molecule has 1 aromatic heterocycles. The smallest absolute Gasteiger partial charge is 0.340 e. The minimum absolute atomic E-state index is 0.114. The van der Waals surface area contributed by atoms with Gasteiger partial charge in [0.15, 0.2) is 5.82 Å². The monoisotopic (exact) mass is 420 g/mol. The Morgan fingerprint density at radius 2 is 1.93 bits per heavy atom. The molecule has 0 radical (unpaired) electrons. The van der Waals surface area contributed by atoms with Gasteiger partial charge in [-0.05, 0) is 31.2 Å². The number of carbonyl (C=O) groups is 2. The van der Waals surface area contributed by atoms with Gasteiger partial charge in [0, 0.05) is 11.3 Å². The van der Waals surface area contributed by atoms with Crippen LogP contribution >= 0.6 is 23.2 Å². The summed E-state index contributed by atoms with van der Waals surface area (Å²) in [4.78, 5) is 38.2. The van der Waals surface area contributed by atoms with Crippen molar-refractivity contribution in [1.82, 2.24) is 15.5 Å². The summed E-state index contributed by atoms with van der Waals surface area (Å²) in [6, 6.07) is 10.4. The van der Waals surface area contributed by atoms with Crippen LogP contribution in [0.25, 0.3) is 11.4 Å². The molecule has 28 heavy (non-hydrogen) atoms. The molecule has 0 aliphatic carbocycles. The first-order valence-electron chi connectivity index (χ1n) is 8.07. The Morgan fingerprint density at radius 3 is 2.64 bits per heavy atom. The van der Waals surface area contributed by atoms with Crippen LogP contribution in [0.4, 0.5) is 5.69 Å². The van der Waals surface area contributed by atoms with Crippen LogP contribution in [0.3, 0.4) is 0 Å². The first-order chi connectivity index (χ1) is 13.3. The minimum Gasteiger partial charge on any atom is -0.340 e. The molecule has 3 aromatic rings. The van der Waals surface area contributed by atoms with Crippen molar-refractivity contribution < 1.29 is 14.1 Å². The second-order valence-corrected chi connectivity index (χ2v) is 6.60. The molecule has 2 amide bonds. The number of benzene rings is 2. The van der Waals surface area contributed by atoms with E-state index in [4.69, 9.17) is 23.2 Å². The number of hydrogen-bond acceptors (Lipinski definition) is 5. The molecule has 1 atom stereocenters. The normalized spacial score (nSPS) is 11.7. The molecule has 0 saturated heterocycles. The van der Waals surface area contributed by atoms with E-state index in [0.29, 0.717) is 11.3 Å². The van der Waals surface area contributed by atoms with E-state index < -0.39 is 23.6 Å². The molecular formula is C18H14Cl2N4O4. The van der Waals surface area contributed by atoms with E-state index in [1.807, 2.05) is 0 Å². The Bertz CT molecular complexity index is 1090. The maximum absolute atomic E-state index is 12.4. The SMILES string of the molecule is CC(NC(=O)c1cccc(Cl)c1Cl)C(=O)Nc1cccc(-c2noc(=O)[nH]2)c1. The van der Waals surface area contributed by atoms with E-state index >= 15 is 0 Å². The number of rotatable bonds is 5. The summed E-state index contributed by atoms with van der Waals surface area (Å²) in [5.74, 6) is -1.42. The van der Waals surface area contributed by atoms with Gasteiger partial charge in [-0.1, -0.05) is 46.6 Å². The number of nitrogens with zero attached hydrogens (tertiary/aromatic N) is 1. The van der Waals surface area contributed by atoms with Crippen molar-refractivity contribution in [3.8, 4) is 11.4 Å². The van der Waals surface area contributed by atoms with E-state index in [1.165, 1.54) is 13.0 Å². The molecule has 0 saturated carbocycles. The van der Waals surface area contributed by atoms with Crippen molar-refractivity contribution >= 4 is 40.7 Å². The first-order valence-corrected chi connectivity index (χ1v) is 8.83. The number of H-pyrrole nitrogens is 1. The van der Waals surface area contributed by atoms with Crippen molar-refractivity contribution in [2.24, 2.45) is 0 Å². The maximum Gasteiger partial charge on any atom is 0.439 e. The highest BCUT2D eigenvalue weighted by molar-refractivity contribution is 6.43. The number of carbonyl (C=O) groups excluding carboxylic acids is 2. The lowest BCUT2D eigenvalue weighted by atomic mass is 10.1. The second kappa shape index (κ2) is 8.28. The standard InChI is InChI=1S/C18H14Cl2N4O4/c1-9(21-17(26)12-6-3-7-13(19)14(12)20)16(25)22-11-5-2-4-10(8-11)15-23-18(27)28-24-15/h2-9H,1H3,(H,21,26)(H,22,25)(H,23,24,27). The molecule has 0 aliphatic rings. The number of hydrogen-bond donors (Lipinski definition) is 3. The van der Waals surface area contributed by atoms with Gasteiger partial charge >= 0.3 is 5.76 Å². The quantitative estimate of drug-likeness (QED) is 0.585. The third kappa shape index (κ3) is 4.41. The molecule has 0 spiro atoms. The zero-order valence-corrected chi connectivity index (χ0v) is 16.0. The highest BCUT2D eigenvalue weighted by Crippen LogP contribution is 2.25. The zero-order valence-electron chi connectivity index (χ0n) is 14.5. The first kappa shape index (κ1) is 19.7. The lowest BCUT2D eigenvalue weighted by Crippen LogP contribution is -2.41. The summed E-state index contributed by atoms with van der Waals surface area (Å²) in [5, 5.41) is 9.20. The van der Waals surface area contributed by atoms with Crippen molar-refractivity contribution in [3.63, 3.8) is 0 Å². The average molecular weight is 421 g/mol. The summed E-state index contributed by atoms with van der Waals surface area (Å²) < 4.78 is 4.47. The number of aromatic amines is 1. The van der Waals surface area contributed by atoms with Gasteiger partial charge < -0.3 is 10.6 Å². The molecule has 10 heteroatoms. The maximum atomic E-state index is 12.4. The largest absolute Gasteiger partial charge is 0.439 e. The van der Waals surface area contributed by atoms with Gasteiger partial charge in [-0.25, -0.2) is 4.79 Å². The topological polar surface area (TPSA) is 117 Å². The highest BCUT2D eigenvalue weighted by atomic mass is 35.5. The zero-order chi connectivity index (χ0) is 20.3. The fourth-order valence-electron chi connectivity index (χ4n) is 2.37. The Balaban J connectivity index is 1.68. The summed E-state index contributed by atoms with van der Waals surface area (Å²) in [6.07, 6.45) is 0. The Morgan fingerprint density at radius 1 is 1.18 bits per heavy atom. The molecular weight excluding hydrogens is 407 g/mol. The average Bonchev–Trinajstić information content (AvgIpc) is 3.10. The molecule has 0 fully saturated rings. The van der Waals surface area contributed by atoms with Crippen LogP contribution in [-0.2, 0) is 4.79 Å². The Labute approximate surface area is 168 Å². The van der Waals surface area contributed by atoms with E-state index in [2.05, 4.69) is 25.3 Å². The summed E-state index contributed by atoms with van der Waals surface area (Å²) in [5.41, 5.74) is 1.17. The predicted octanol–water partition coefficient (Wildman–Crippen LogP) is 3.09. The van der Waals surface area contributed by atoms with Gasteiger partial charge in [-0.2, -0.15) is 0 Å². The minimum atomic E-state index is -0.849. The van der Waals surface area contributed by atoms with Crippen LogP contribution in [0.2, 0.25) is 10.0 Å². The molecule has 144 valence electrons. The van der Waals surface area contributed by atoms with Gasteiger partial charge in [0.25, 0.3) is 5.91 Å². The van der Waals surface area contributed by atoms with Crippen LogP contribution in [0.15, 0.2) is 51.8 Å². The lowest BCUT2D eigenvalue weighted by Gasteiger charge is -2.15. The predicted molar refractivity (Wildman–Crippen MR) is 105 cm³/mol. The number of aromatic nitrogens is 2. The van der Waals surface area contributed by atoms with Gasteiger partial charge in [-0.15, -0.1) is 0 Å². The molecule has 1 unspecified atom stereocenters. The fourth-order valence-corrected chi connectivity index (χ4v) is 2.75. The molecule has 2 aromatic carbocycles. The Kier molecular flexibility index (Phi) is 5.81. The van der Waals surface area contributed by atoms with E-state index in [-0.39, 0.29) is 21.4 Å². The van der Waals surface area contributed by atoms with E-state index in [0.717, 1.165) is 0 Å².